The molecule has 0 aromatic heterocycles. The van der Waals surface area contributed by atoms with Crippen molar-refractivity contribution in [1.29, 1.82) is 0 Å². The maximum atomic E-state index is 12.3. The van der Waals surface area contributed by atoms with Crippen LogP contribution in [0.3, 0.4) is 0 Å². The van der Waals surface area contributed by atoms with Crippen LogP contribution in [-0.4, -0.2) is 222 Å². The molecule has 23 nitrogen and oxygen atoms in total. The smallest absolute Gasteiger partial charge is 0.748 e. The minimum absolute atomic E-state index is 0. The van der Waals surface area contributed by atoms with Crippen LogP contribution in [0.2, 0.25) is 0 Å². The van der Waals surface area contributed by atoms with E-state index in [9.17, 15) is 35.8 Å². The number of allylic oxidation sites excluding steroid dienone is 3. The van der Waals surface area contributed by atoms with E-state index in [1.807, 2.05) is 70.2 Å². The number of ether oxygens (including phenoxy) is 12. The van der Waals surface area contributed by atoms with Gasteiger partial charge < -0.3 is 80.4 Å². The second-order valence-corrected chi connectivity index (χ2v) is 23.4. The van der Waals surface area contributed by atoms with E-state index in [2.05, 4.69) is 4.58 Å². The third kappa shape index (κ3) is 28.7. The van der Waals surface area contributed by atoms with Gasteiger partial charge in [0.1, 0.15) is 34.9 Å². The van der Waals surface area contributed by atoms with Gasteiger partial charge in [-0.15, -0.1) is 0 Å². The Hall–Kier alpha value is -3.26. The zero-order valence-electron chi connectivity index (χ0n) is 50.3. The van der Waals surface area contributed by atoms with Gasteiger partial charge in [0.15, 0.2) is 13.1 Å². The molecule has 0 saturated carbocycles. The summed E-state index contributed by atoms with van der Waals surface area (Å²) in [5.74, 6) is -0.356. The van der Waals surface area contributed by atoms with Crippen LogP contribution in [0, 0.1) is 0 Å². The molecule has 84 heavy (non-hydrogen) atoms. The summed E-state index contributed by atoms with van der Waals surface area (Å²) in [6.45, 7) is 18.9. The van der Waals surface area contributed by atoms with Crippen molar-refractivity contribution in [3.63, 3.8) is 0 Å². The number of carboxylic acids is 1. The molecule has 470 valence electrons. The predicted octanol–water partition coefficient (Wildman–Crippen LogP) is 1.69. The van der Waals surface area contributed by atoms with Gasteiger partial charge in [0.05, 0.1) is 153 Å². The molecule has 0 amide bonds. The number of aliphatic carboxylic acids is 1. The Morgan fingerprint density at radius 3 is 1.55 bits per heavy atom. The van der Waals surface area contributed by atoms with Crippen LogP contribution in [-0.2, 0) is 92.7 Å². The molecule has 2 heterocycles. The maximum Gasteiger partial charge on any atom is 1.00 e. The van der Waals surface area contributed by atoms with E-state index in [-0.39, 0.29) is 61.8 Å². The molecule has 3 aliphatic rings. The molecular weight excluding hydrogens is 1150 g/mol. The number of carbonyl (C=O) groups is 1. The number of fused-ring (bicyclic) bond motifs is 2. The number of benzene rings is 2. The van der Waals surface area contributed by atoms with Gasteiger partial charge in [-0.1, -0.05) is 32.9 Å². The van der Waals surface area contributed by atoms with E-state index < -0.39 is 47.7 Å². The Morgan fingerprint density at radius 1 is 0.655 bits per heavy atom. The molecule has 2 aliphatic heterocycles. The molecule has 0 spiro atoms. The zero-order valence-corrected chi connectivity index (χ0v) is 53.9. The molecule has 1 aliphatic carbocycles. The van der Waals surface area contributed by atoms with Crippen molar-refractivity contribution in [1.82, 2.24) is 4.58 Å². The van der Waals surface area contributed by atoms with Gasteiger partial charge in [-0.3, -0.25) is 4.79 Å². The van der Waals surface area contributed by atoms with Gasteiger partial charge in [-0.2, -0.15) is 0 Å². The second kappa shape index (κ2) is 41.1. The monoisotopic (exact) mass is 1240 g/mol. The molecule has 1 aromatic rings. The molecule has 0 radical (unpaired) electrons. The molecule has 1 N–H and O–H groups in total. The Morgan fingerprint density at radius 2 is 1.12 bits per heavy atom. The van der Waals surface area contributed by atoms with Gasteiger partial charge in [-0.25, -0.2) is 21.4 Å². The average molecular weight is 1240 g/mol. The Kier molecular flexibility index (Phi) is 36.6. The standard InChI is InChI=1S/C58H90N2O21S2.Na/c1-57(2,3)55-44-47(10-7-11-54-58(4,17-8-12-56(61)62)51-46-49(83(66,67)68)14-16-52(51)60(54)18-9-43-82(63,64)65)50-15-13-48(45-53(50)81-55)59(19-21-71-27-29-75-35-37-79-41-39-77-33-31-73-25-23-69-5)20-22-72-28-30-76-36-38-80-42-40-78-34-32-74-26-24-70-6;/h7,10-11,13-16,44-46H,8-9,12,17-43H2,1-6H3,(H2-,61,62,63,64,65,66,67,68);/q;+1/p-1. The number of hydrogen-bond donors (Lipinski definition) is 1. The Balaban J connectivity index is 0.0000185. The second-order valence-electron chi connectivity index (χ2n) is 20.5. The molecule has 4 rings (SSSR count). The summed E-state index contributed by atoms with van der Waals surface area (Å²) in [4.78, 5) is 13.1. The summed E-state index contributed by atoms with van der Waals surface area (Å²) < 4.78 is 147. The van der Waals surface area contributed by atoms with Crippen molar-refractivity contribution >= 4 is 38.0 Å². The Labute approximate surface area is 518 Å². The molecule has 0 saturated heterocycles. The molecule has 1 atom stereocenters. The number of anilines is 1. The predicted molar refractivity (Wildman–Crippen MR) is 308 cm³/mol. The summed E-state index contributed by atoms with van der Waals surface area (Å²) >= 11 is 0. The Bertz CT molecular complexity index is 2640. The van der Waals surface area contributed by atoms with E-state index >= 15 is 0 Å². The number of nitrogens with zero attached hydrogens (tertiary/aromatic N) is 2. The molecule has 0 bridgehead atoms. The molecule has 0 fully saturated rings. The van der Waals surface area contributed by atoms with Crippen molar-refractivity contribution in [3.8, 4) is 11.3 Å². The van der Waals surface area contributed by atoms with Crippen molar-refractivity contribution < 1.29 is 127 Å². The first-order valence-electron chi connectivity index (χ1n) is 28.1. The fourth-order valence-corrected chi connectivity index (χ4v) is 9.78. The summed E-state index contributed by atoms with van der Waals surface area (Å²) in [6.07, 6.45) is 5.77. The zero-order chi connectivity index (χ0) is 60.4. The maximum absolute atomic E-state index is 12.3. The number of methoxy groups -OCH3 is 2. The fourth-order valence-electron chi connectivity index (χ4n) is 8.80. The normalized spacial score (nSPS) is 15.2. The minimum Gasteiger partial charge on any atom is -0.748 e. The van der Waals surface area contributed by atoms with Crippen molar-refractivity contribution in [2.45, 2.75) is 69.1 Å². The van der Waals surface area contributed by atoms with E-state index in [0.29, 0.717) is 187 Å². The van der Waals surface area contributed by atoms with E-state index in [0.717, 1.165) is 16.5 Å². The first kappa shape index (κ1) is 75.0. The summed E-state index contributed by atoms with van der Waals surface area (Å²) in [7, 11) is -6.20. The van der Waals surface area contributed by atoms with Crippen LogP contribution in [0.25, 0.3) is 17.4 Å². The SMILES string of the molecule is COCCOCCOCCOCCOCCOCC[N+](CCOCCOCCOCCOCCOCCOC)=c1ccc2c(/C=C/C=C3\N(CCCS(=O)(=O)[O-])c4ccc(S(=O)(=O)[O-])cc4C3(C)CCCC(=O)O)cc(C(C)(C)C)oc-2c1.[Na+]. The summed E-state index contributed by atoms with van der Waals surface area (Å²) in [5, 5.41) is 10.4. The van der Waals surface area contributed by atoms with E-state index in [4.69, 9.17) is 61.3 Å². The molecule has 26 heteroatoms. The first-order chi connectivity index (χ1) is 39.8. The van der Waals surface area contributed by atoms with Gasteiger partial charge in [-0.05, 0) is 73.7 Å². The van der Waals surface area contributed by atoms with Crippen LogP contribution >= 0.6 is 0 Å². The van der Waals surface area contributed by atoms with Crippen LogP contribution in [0.1, 0.15) is 70.3 Å². The summed E-state index contributed by atoms with van der Waals surface area (Å²) in [5.41, 5.74) is 1.72. The number of carboxylic acid groups (broad SMARTS) is 1. The van der Waals surface area contributed by atoms with Crippen LogP contribution < -0.4 is 44.4 Å². The van der Waals surface area contributed by atoms with Crippen molar-refractivity contribution in [3.05, 3.63) is 82.6 Å². The molecule has 1 unspecified atom stereocenters. The number of hydrogen-bond acceptors (Lipinski definition) is 21. The van der Waals surface area contributed by atoms with Crippen molar-refractivity contribution in [2.24, 2.45) is 0 Å². The quantitative estimate of drug-likeness (QED) is 0.0364. The summed E-state index contributed by atoms with van der Waals surface area (Å²) in [6, 6.07) is 11.9. The van der Waals surface area contributed by atoms with Gasteiger partial charge >= 0.3 is 35.5 Å². The minimum atomic E-state index is -4.88. The first-order valence-corrected chi connectivity index (χ1v) is 31.1. The van der Waals surface area contributed by atoms with E-state index in [1.165, 1.54) is 18.2 Å². The average Bonchev–Trinajstić information content (AvgIpc) is 1.93. The molecular formula is C58H89N2NaO21S2. The van der Waals surface area contributed by atoms with Gasteiger partial charge in [0, 0.05) is 66.8 Å². The fraction of sp³-hybridized carbons (Fsp3) is 0.655. The number of rotatable bonds is 47. The molecule has 1 aromatic carbocycles. The van der Waals surface area contributed by atoms with Crippen LogP contribution in [0.5, 0.6) is 0 Å². The third-order valence-electron chi connectivity index (χ3n) is 13.1. The topological polar surface area (TPSA) is 282 Å². The van der Waals surface area contributed by atoms with Gasteiger partial charge in [0.25, 0.3) is 0 Å². The van der Waals surface area contributed by atoms with E-state index in [1.54, 1.807) is 19.1 Å². The largest absolute Gasteiger partial charge is 1.00 e. The van der Waals surface area contributed by atoms with Gasteiger partial charge in [0.2, 0.25) is 5.36 Å². The van der Waals surface area contributed by atoms with Crippen molar-refractivity contribution in [2.75, 3.05) is 190 Å². The van der Waals surface area contributed by atoms with Crippen LogP contribution in [0.4, 0.5) is 5.69 Å². The third-order valence-corrected chi connectivity index (χ3v) is 14.7. The van der Waals surface area contributed by atoms with Crippen LogP contribution in [0.15, 0.2) is 69.6 Å².